The van der Waals surface area contributed by atoms with E-state index in [1.165, 1.54) is 6.07 Å². The van der Waals surface area contributed by atoms with Gasteiger partial charge in [0.25, 0.3) is 5.91 Å². The molecule has 27 heavy (non-hydrogen) atoms. The van der Waals surface area contributed by atoms with Crippen molar-refractivity contribution in [2.24, 2.45) is 0 Å². The summed E-state index contributed by atoms with van der Waals surface area (Å²) in [5, 5.41) is 5.36. The zero-order chi connectivity index (χ0) is 19.4. The molecule has 0 atom stereocenters. The van der Waals surface area contributed by atoms with Crippen molar-refractivity contribution in [1.82, 2.24) is 9.97 Å². The number of halogens is 2. The van der Waals surface area contributed by atoms with E-state index >= 15 is 0 Å². The molecule has 0 unspecified atom stereocenters. The monoisotopic (exact) mass is 370 g/mol. The minimum atomic E-state index is -0.870. The summed E-state index contributed by atoms with van der Waals surface area (Å²) in [7, 11) is 1.57. The van der Waals surface area contributed by atoms with E-state index in [0.29, 0.717) is 23.2 Å². The van der Waals surface area contributed by atoms with E-state index in [4.69, 9.17) is 4.74 Å². The molecule has 2 aromatic carbocycles. The van der Waals surface area contributed by atoms with Crippen LogP contribution in [0.4, 0.5) is 26.1 Å². The highest BCUT2D eigenvalue weighted by atomic mass is 19.1. The number of ether oxygens (including phenoxy) is 1. The molecule has 2 N–H and O–H groups in total. The summed E-state index contributed by atoms with van der Waals surface area (Å²) in [6, 6.07) is 11.4. The van der Waals surface area contributed by atoms with Gasteiger partial charge in [0.1, 0.15) is 23.1 Å². The molecule has 0 aliphatic carbocycles. The fourth-order valence-electron chi connectivity index (χ4n) is 2.32. The summed E-state index contributed by atoms with van der Waals surface area (Å²) < 4.78 is 31.8. The molecule has 0 saturated carbocycles. The van der Waals surface area contributed by atoms with E-state index in [0.717, 1.165) is 12.1 Å². The second kappa shape index (κ2) is 7.77. The molecule has 0 spiro atoms. The number of nitrogens with one attached hydrogen (secondary N) is 2. The number of methoxy groups -OCH3 is 1. The van der Waals surface area contributed by atoms with Crippen molar-refractivity contribution in [2.75, 3.05) is 17.7 Å². The highest BCUT2D eigenvalue weighted by Gasteiger charge is 2.14. The number of amides is 1. The highest BCUT2D eigenvalue weighted by Crippen LogP contribution is 2.19. The maximum atomic E-state index is 13.7. The summed E-state index contributed by atoms with van der Waals surface area (Å²) in [6.45, 7) is 1.70. The fraction of sp³-hybridized carbons (Fsp3) is 0.105. The van der Waals surface area contributed by atoms with Crippen LogP contribution in [0.15, 0.2) is 48.5 Å². The number of carbonyl (C=O) groups is 1. The number of nitrogens with zero attached hydrogens (tertiary/aromatic N) is 2. The molecule has 0 saturated heterocycles. The van der Waals surface area contributed by atoms with Crippen LogP contribution in [-0.4, -0.2) is 23.0 Å². The molecule has 0 fully saturated rings. The van der Waals surface area contributed by atoms with Gasteiger partial charge in [-0.2, -0.15) is 0 Å². The quantitative estimate of drug-likeness (QED) is 0.708. The van der Waals surface area contributed by atoms with Crippen LogP contribution in [0.25, 0.3) is 0 Å². The number of benzene rings is 2. The molecular formula is C19H16F2N4O2. The third-order valence-electron chi connectivity index (χ3n) is 3.61. The first-order valence-corrected chi connectivity index (χ1v) is 7.98. The van der Waals surface area contributed by atoms with Crippen molar-refractivity contribution < 1.29 is 18.3 Å². The molecule has 3 aromatic rings. The van der Waals surface area contributed by atoms with Crippen LogP contribution in [0.1, 0.15) is 16.2 Å². The van der Waals surface area contributed by atoms with Gasteiger partial charge >= 0.3 is 0 Å². The van der Waals surface area contributed by atoms with Gasteiger partial charge in [0.15, 0.2) is 0 Å². The first-order valence-electron chi connectivity index (χ1n) is 7.98. The van der Waals surface area contributed by atoms with Crippen LogP contribution in [0.2, 0.25) is 0 Å². The molecule has 0 aliphatic rings. The van der Waals surface area contributed by atoms with E-state index in [1.54, 1.807) is 38.3 Å². The van der Waals surface area contributed by atoms with Crippen LogP contribution >= 0.6 is 0 Å². The average molecular weight is 370 g/mol. The molecule has 8 heteroatoms. The summed E-state index contributed by atoms with van der Waals surface area (Å²) in [5.41, 5.74) is 1.16. The Kier molecular flexibility index (Phi) is 5.25. The van der Waals surface area contributed by atoms with Gasteiger partial charge in [-0.15, -0.1) is 0 Å². The van der Waals surface area contributed by atoms with Crippen molar-refractivity contribution >= 4 is 23.2 Å². The lowest BCUT2D eigenvalue weighted by molar-refractivity contribution is 0.102. The summed E-state index contributed by atoms with van der Waals surface area (Å²) in [5.74, 6) is -1.32. The smallest absolute Gasteiger partial charge is 0.274 e. The molecule has 3 rings (SSSR count). The van der Waals surface area contributed by atoms with Crippen molar-refractivity contribution in [3.05, 3.63) is 71.6 Å². The number of aromatic nitrogens is 2. The van der Waals surface area contributed by atoms with E-state index in [1.807, 2.05) is 0 Å². The Morgan fingerprint density at radius 2 is 1.78 bits per heavy atom. The molecule has 1 amide bonds. The third kappa shape index (κ3) is 4.55. The van der Waals surface area contributed by atoms with Crippen LogP contribution in [-0.2, 0) is 0 Å². The minimum absolute atomic E-state index is 0.0437. The van der Waals surface area contributed by atoms with Crippen molar-refractivity contribution in [3.63, 3.8) is 0 Å². The van der Waals surface area contributed by atoms with Crippen LogP contribution < -0.4 is 15.4 Å². The SMILES string of the molecule is COc1ccc(Nc2nc(C)cc(C(=O)Nc3ccc(F)cc3F)n2)cc1. The zero-order valence-electron chi connectivity index (χ0n) is 14.6. The second-order valence-electron chi connectivity index (χ2n) is 5.65. The van der Waals surface area contributed by atoms with Crippen LogP contribution in [0, 0.1) is 18.6 Å². The number of rotatable bonds is 5. The molecule has 6 nitrogen and oxygen atoms in total. The zero-order valence-corrected chi connectivity index (χ0v) is 14.6. The maximum absolute atomic E-state index is 13.7. The third-order valence-corrected chi connectivity index (χ3v) is 3.61. The molecule has 0 bridgehead atoms. The standard InChI is InChI=1S/C19H16F2N4O2/c1-11-9-17(18(26)24-16-8-3-12(20)10-15(16)21)25-19(22-11)23-13-4-6-14(27-2)7-5-13/h3-10H,1-2H3,(H,24,26)(H,22,23,25). The Morgan fingerprint density at radius 1 is 1.04 bits per heavy atom. The molecular weight excluding hydrogens is 354 g/mol. The van der Waals surface area contributed by atoms with Gasteiger partial charge in [0, 0.05) is 17.4 Å². The largest absolute Gasteiger partial charge is 0.497 e. The Balaban J connectivity index is 1.80. The average Bonchev–Trinajstić information content (AvgIpc) is 2.64. The fourth-order valence-corrected chi connectivity index (χ4v) is 2.32. The van der Waals surface area contributed by atoms with Gasteiger partial charge < -0.3 is 15.4 Å². The topological polar surface area (TPSA) is 76.1 Å². The number of aryl methyl sites for hydroxylation is 1. The van der Waals surface area contributed by atoms with Gasteiger partial charge in [-0.3, -0.25) is 4.79 Å². The Labute approximate surface area is 154 Å². The normalized spacial score (nSPS) is 10.4. The second-order valence-corrected chi connectivity index (χ2v) is 5.65. The first kappa shape index (κ1) is 18.2. The summed E-state index contributed by atoms with van der Waals surface area (Å²) >= 11 is 0. The van der Waals surface area contributed by atoms with Gasteiger partial charge in [-0.1, -0.05) is 0 Å². The molecule has 1 heterocycles. The number of anilines is 3. The van der Waals surface area contributed by atoms with E-state index in [2.05, 4.69) is 20.6 Å². The van der Waals surface area contributed by atoms with Crippen LogP contribution in [0.3, 0.4) is 0 Å². The Hall–Kier alpha value is -3.55. The van der Waals surface area contributed by atoms with Gasteiger partial charge in [0.2, 0.25) is 5.95 Å². The Morgan fingerprint density at radius 3 is 2.44 bits per heavy atom. The molecule has 1 aromatic heterocycles. The summed E-state index contributed by atoms with van der Waals surface area (Å²) in [4.78, 5) is 20.8. The van der Waals surface area contributed by atoms with E-state index in [-0.39, 0.29) is 17.3 Å². The van der Waals surface area contributed by atoms with E-state index < -0.39 is 17.5 Å². The van der Waals surface area contributed by atoms with Gasteiger partial charge in [-0.05, 0) is 49.4 Å². The van der Waals surface area contributed by atoms with E-state index in [9.17, 15) is 13.6 Å². The minimum Gasteiger partial charge on any atom is -0.497 e. The van der Waals surface area contributed by atoms with Crippen molar-refractivity contribution in [3.8, 4) is 5.75 Å². The lowest BCUT2D eigenvalue weighted by Gasteiger charge is -2.10. The molecule has 0 aliphatic heterocycles. The van der Waals surface area contributed by atoms with Crippen molar-refractivity contribution in [2.45, 2.75) is 6.92 Å². The van der Waals surface area contributed by atoms with Gasteiger partial charge in [-0.25, -0.2) is 18.7 Å². The molecule has 0 radical (unpaired) electrons. The van der Waals surface area contributed by atoms with Gasteiger partial charge in [0.05, 0.1) is 12.8 Å². The lowest BCUT2D eigenvalue weighted by atomic mass is 10.2. The first-order chi connectivity index (χ1) is 12.9. The number of hydrogen-bond donors (Lipinski definition) is 2. The molecule has 138 valence electrons. The van der Waals surface area contributed by atoms with Crippen molar-refractivity contribution in [1.29, 1.82) is 0 Å². The summed E-state index contributed by atoms with van der Waals surface area (Å²) in [6.07, 6.45) is 0. The lowest BCUT2D eigenvalue weighted by Crippen LogP contribution is -2.16. The number of hydrogen-bond acceptors (Lipinski definition) is 5. The maximum Gasteiger partial charge on any atom is 0.274 e. The van der Waals surface area contributed by atoms with Crippen LogP contribution in [0.5, 0.6) is 5.75 Å². The predicted octanol–water partition coefficient (Wildman–Crippen LogP) is 4.07. The highest BCUT2D eigenvalue weighted by molar-refractivity contribution is 6.03. The predicted molar refractivity (Wildman–Crippen MR) is 97.4 cm³/mol. The number of carbonyl (C=O) groups excluding carboxylic acids is 1. The Bertz CT molecular complexity index is 978.